The average Bonchev–Trinajstić information content (AvgIpc) is 3.06. The van der Waals surface area contributed by atoms with E-state index in [0.29, 0.717) is 16.7 Å². The van der Waals surface area contributed by atoms with Crippen molar-refractivity contribution in [3.05, 3.63) is 54.0 Å². The molecule has 1 aliphatic rings. The third-order valence-corrected chi connectivity index (χ3v) is 8.24. The minimum Gasteiger partial charge on any atom is -0.468 e. The Labute approximate surface area is 165 Å². The molecule has 0 N–H and O–H groups in total. The van der Waals surface area contributed by atoms with Crippen LogP contribution >= 0.6 is 11.8 Å². The molecular weight excluding hydrogens is 382 g/mol. The minimum absolute atomic E-state index is 0.0789. The zero-order valence-corrected chi connectivity index (χ0v) is 17.3. The van der Waals surface area contributed by atoms with Gasteiger partial charge in [-0.2, -0.15) is 0 Å². The summed E-state index contributed by atoms with van der Waals surface area (Å²) < 4.78 is 29.9. The number of carbonyl (C=O) groups excluding carboxylic acids is 1. The molecule has 5 nitrogen and oxygen atoms in total. The lowest BCUT2D eigenvalue weighted by atomic mass is 10.1. The lowest BCUT2D eigenvalue weighted by Crippen LogP contribution is -2.34. The number of hydrogen-bond acceptors (Lipinski definition) is 5. The van der Waals surface area contributed by atoms with Gasteiger partial charge in [0.2, 0.25) is 5.91 Å². The Morgan fingerprint density at radius 3 is 2.59 bits per heavy atom. The molecule has 1 atom stereocenters. The predicted octanol–water partition coefficient (Wildman–Crippen LogP) is 3.71. The van der Waals surface area contributed by atoms with E-state index in [1.54, 1.807) is 44.4 Å². The fourth-order valence-corrected chi connectivity index (χ4v) is 5.32. The Hall–Kier alpha value is -1.73. The highest BCUT2D eigenvalue weighted by atomic mass is 32.2. The second-order valence-corrected chi connectivity index (χ2v) is 10.8. The zero-order chi connectivity index (χ0) is 19.4. The smallest absolute Gasteiger partial charge is 0.227 e. The lowest BCUT2D eigenvalue weighted by molar-refractivity contribution is -0.130. The first-order chi connectivity index (χ1) is 12.9. The molecule has 0 spiro atoms. The van der Waals surface area contributed by atoms with Gasteiger partial charge >= 0.3 is 0 Å². The molecule has 1 aromatic heterocycles. The van der Waals surface area contributed by atoms with Crippen molar-refractivity contribution in [3.8, 4) is 0 Å². The summed E-state index contributed by atoms with van der Waals surface area (Å²) in [7, 11) is -3.28. The van der Waals surface area contributed by atoms with Crippen molar-refractivity contribution in [2.24, 2.45) is 0 Å². The second kappa shape index (κ2) is 8.52. The van der Waals surface area contributed by atoms with Crippen LogP contribution in [0.25, 0.3) is 0 Å². The van der Waals surface area contributed by atoms with E-state index in [9.17, 15) is 13.2 Å². The molecule has 0 bridgehead atoms. The highest BCUT2D eigenvalue weighted by molar-refractivity contribution is 7.99. The summed E-state index contributed by atoms with van der Waals surface area (Å²) in [6.07, 6.45) is 2.85. The van der Waals surface area contributed by atoms with Crippen molar-refractivity contribution >= 4 is 27.5 Å². The van der Waals surface area contributed by atoms with Crippen molar-refractivity contribution in [1.82, 2.24) is 4.90 Å². The van der Waals surface area contributed by atoms with Crippen LogP contribution in [0.1, 0.15) is 36.8 Å². The molecule has 146 valence electrons. The minimum atomic E-state index is -3.28. The molecule has 3 rings (SSSR count). The van der Waals surface area contributed by atoms with Crippen molar-refractivity contribution in [3.63, 3.8) is 0 Å². The van der Waals surface area contributed by atoms with E-state index < -0.39 is 15.1 Å². The number of benzene rings is 1. The number of carbonyl (C=O) groups is 1. The van der Waals surface area contributed by atoms with Crippen LogP contribution in [0.2, 0.25) is 0 Å². The Bertz CT molecular complexity index is 858. The highest BCUT2D eigenvalue weighted by Crippen LogP contribution is 2.34. The van der Waals surface area contributed by atoms with Gasteiger partial charge in [-0.15, -0.1) is 11.8 Å². The number of furan rings is 1. The molecule has 2 aromatic rings. The fourth-order valence-electron chi connectivity index (χ4n) is 3.08. The third-order valence-electron chi connectivity index (χ3n) is 4.78. The maximum Gasteiger partial charge on any atom is 0.227 e. The van der Waals surface area contributed by atoms with Gasteiger partial charge in [-0.3, -0.25) is 4.79 Å². The number of thioether (sulfide) groups is 1. The van der Waals surface area contributed by atoms with E-state index in [0.717, 1.165) is 30.0 Å². The Balaban J connectivity index is 1.60. The molecule has 1 unspecified atom stereocenters. The summed E-state index contributed by atoms with van der Waals surface area (Å²) in [6.45, 7) is 4.76. The van der Waals surface area contributed by atoms with Crippen LogP contribution in [0.5, 0.6) is 0 Å². The van der Waals surface area contributed by atoms with Crippen LogP contribution in [0.15, 0.2) is 52.0 Å². The first-order valence-electron chi connectivity index (χ1n) is 9.13. The van der Waals surface area contributed by atoms with Gasteiger partial charge in [0.15, 0.2) is 9.84 Å². The number of hydrogen-bond donors (Lipinski definition) is 0. The topological polar surface area (TPSA) is 67.6 Å². The summed E-state index contributed by atoms with van der Waals surface area (Å²) in [5.74, 6) is 1.93. The third kappa shape index (κ3) is 4.76. The van der Waals surface area contributed by atoms with Crippen LogP contribution in [-0.4, -0.2) is 43.3 Å². The van der Waals surface area contributed by atoms with Crippen LogP contribution < -0.4 is 0 Å². The van der Waals surface area contributed by atoms with E-state index in [4.69, 9.17) is 4.42 Å². The second-order valence-electron chi connectivity index (χ2n) is 6.96. The molecule has 0 saturated carbocycles. The van der Waals surface area contributed by atoms with E-state index in [1.165, 1.54) is 0 Å². The molecule has 1 fully saturated rings. The van der Waals surface area contributed by atoms with Gasteiger partial charge in [-0.25, -0.2) is 8.42 Å². The van der Waals surface area contributed by atoms with Crippen molar-refractivity contribution in [2.45, 2.75) is 42.1 Å². The number of amides is 1. The van der Waals surface area contributed by atoms with Crippen LogP contribution in [0.3, 0.4) is 0 Å². The summed E-state index contributed by atoms with van der Waals surface area (Å²) >= 11 is 1.82. The Morgan fingerprint density at radius 1 is 1.22 bits per heavy atom. The monoisotopic (exact) mass is 407 g/mol. The molecule has 0 radical (unpaired) electrons. The Morgan fingerprint density at radius 2 is 1.96 bits per heavy atom. The van der Waals surface area contributed by atoms with Gasteiger partial charge < -0.3 is 9.32 Å². The Kier molecular flexibility index (Phi) is 6.32. The van der Waals surface area contributed by atoms with Gasteiger partial charge in [0.05, 0.1) is 28.1 Å². The quantitative estimate of drug-likeness (QED) is 0.756. The first-order valence-corrected chi connectivity index (χ1v) is 11.7. The summed E-state index contributed by atoms with van der Waals surface area (Å²) in [4.78, 5) is 14.9. The normalized spacial score (nSPS) is 18.5. The van der Waals surface area contributed by atoms with Gasteiger partial charge in [-0.1, -0.05) is 12.1 Å². The zero-order valence-electron chi connectivity index (χ0n) is 15.6. The lowest BCUT2D eigenvalue weighted by Gasteiger charge is -2.20. The van der Waals surface area contributed by atoms with Gasteiger partial charge in [0.1, 0.15) is 5.76 Å². The van der Waals surface area contributed by atoms with Gasteiger partial charge in [0, 0.05) is 18.8 Å². The number of nitrogens with zero attached hydrogens (tertiary/aromatic N) is 1. The first kappa shape index (κ1) is 20.0. The van der Waals surface area contributed by atoms with Crippen LogP contribution in [0, 0.1) is 0 Å². The van der Waals surface area contributed by atoms with Crippen molar-refractivity contribution in [1.29, 1.82) is 0 Å². The number of sulfone groups is 1. The standard InChI is InChI=1S/C20H25NO4S2/c1-15(2)27(23,24)17-7-5-16(6-8-17)14-20(22)21-10-9-19(26-13-11-21)18-4-3-12-25-18/h3-8,12,15,19H,9-11,13-14H2,1-2H3. The highest BCUT2D eigenvalue weighted by Gasteiger charge is 2.24. The summed E-state index contributed by atoms with van der Waals surface area (Å²) in [6, 6.07) is 10.6. The molecule has 7 heteroatoms. The van der Waals surface area contributed by atoms with Gasteiger partial charge in [0.25, 0.3) is 0 Å². The largest absolute Gasteiger partial charge is 0.468 e. The molecular formula is C20H25NO4S2. The van der Waals surface area contributed by atoms with E-state index in [2.05, 4.69) is 0 Å². The average molecular weight is 408 g/mol. The van der Waals surface area contributed by atoms with E-state index in [-0.39, 0.29) is 12.3 Å². The summed E-state index contributed by atoms with van der Waals surface area (Å²) in [5.41, 5.74) is 0.835. The maximum atomic E-state index is 12.7. The predicted molar refractivity (Wildman–Crippen MR) is 108 cm³/mol. The van der Waals surface area contributed by atoms with Crippen molar-refractivity contribution < 1.29 is 17.6 Å². The number of rotatable bonds is 5. The summed E-state index contributed by atoms with van der Waals surface area (Å²) in [5, 5.41) is -0.167. The van der Waals surface area contributed by atoms with Gasteiger partial charge in [-0.05, 0) is 50.1 Å². The van der Waals surface area contributed by atoms with Crippen LogP contribution in [-0.2, 0) is 21.1 Å². The SMILES string of the molecule is CC(C)S(=O)(=O)c1ccc(CC(=O)N2CCSC(c3ccco3)CC2)cc1. The molecule has 1 saturated heterocycles. The molecule has 1 aromatic carbocycles. The molecule has 1 aliphatic heterocycles. The van der Waals surface area contributed by atoms with E-state index >= 15 is 0 Å². The van der Waals surface area contributed by atoms with Crippen LogP contribution in [0.4, 0.5) is 0 Å². The maximum absolute atomic E-state index is 12.7. The fraction of sp³-hybridized carbons (Fsp3) is 0.450. The molecule has 27 heavy (non-hydrogen) atoms. The van der Waals surface area contributed by atoms with Crippen molar-refractivity contribution in [2.75, 3.05) is 18.8 Å². The molecule has 0 aliphatic carbocycles. The van der Waals surface area contributed by atoms with E-state index in [1.807, 2.05) is 28.8 Å². The molecule has 1 amide bonds. The molecule has 2 heterocycles.